The normalized spacial score (nSPS) is 16.9. The van der Waals surface area contributed by atoms with Gasteiger partial charge in [0.05, 0.1) is 0 Å². The van der Waals surface area contributed by atoms with Gasteiger partial charge in [0.15, 0.2) is 0 Å². The van der Waals surface area contributed by atoms with E-state index in [0.717, 1.165) is 6.42 Å². The average molecular weight is 141 g/mol. The predicted molar refractivity (Wildman–Crippen MR) is 46.8 cm³/mol. The molecular weight excluding hydrogens is 122 g/mol. The molecule has 0 aliphatic heterocycles. The van der Waals surface area contributed by atoms with E-state index in [1.54, 1.807) is 0 Å². The van der Waals surface area contributed by atoms with Crippen molar-refractivity contribution in [2.75, 3.05) is 0 Å². The smallest absolute Gasteiger partial charge is 0.00733 e. The summed E-state index contributed by atoms with van der Waals surface area (Å²) in [6, 6.07) is 0.250. The third kappa shape index (κ3) is 3.67. The maximum Gasteiger partial charge on any atom is 0.00733 e. The quantitative estimate of drug-likeness (QED) is 0.597. The molecule has 0 bridgehead atoms. The molecule has 0 unspecified atom stereocenters. The molecule has 0 aromatic heterocycles. The minimum atomic E-state index is 0.250. The first-order chi connectivity index (χ1) is 4.57. The van der Waals surface area contributed by atoms with E-state index in [0.29, 0.717) is 11.8 Å². The second-order valence-electron chi connectivity index (χ2n) is 3.39. The van der Waals surface area contributed by atoms with E-state index >= 15 is 0 Å². The van der Waals surface area contributed by atoms with Gasteiger partial charge in [0.2, 0.25) is 0 Å². The molecule has 0 saturated heterocycles. The molecule has 0 aromatic rings. The summed E-state index contributed by atoms with van der Waals surface area (Å²) in [6.45, 7) is 10.2. The zero-order chi connectivity index (χ0) is 8.15. The zero-order valence-electron chi connectivity index (χ0n) is 7.30. The maximum atomic E-state index is 5.72. The van der Waals surface area contributed by atoms with Crippen LogP contribution < -0.4 is 5.73 Å². The van der Waals surface area contributed by atoms with E-state index in [1.807, 2.05) is 13.0 Å². The molecule has 2 N–H and O–H groups in total. The highest BCUT2D eigenvalue weighted by Crippen LogP contribution is 2.14. The Balaban J connectivity index is 3.71. The fraction of sp³-hybridized carbons (Fsp3) is 0.778. The predicted octanol–water partition coefficient (Wildman–Crippen LogP) is 2.18. The molecular formula is C9H19N. The van der Waals surface area contributed by atoms with Gasteiger partial charge < -0.3 is 5.73 Å². The molecule has 0 aliphatic carbocycles. The van der Waals surface area contributed by atoms with Crippen molar-refractivity contribution in [1.82, 2.24) is 0 Å². The van der Waals surface area contributed by atoms with Gasteiger partial charge in [-0.05, 0) is 25.2 Å². The van der Waals surface area contributed by atoms with Gasteiger partial charge in [-0.1, -0.05) is 19.9 Å². The Labute approximate surface area is 64.3 Å². The topological polar surface area (TPSA) is 26.0 Å². The summed E-state index contributed by atoms with van der Waals surface area (Å²) in [6.07, 6.45) is 3.12. The van der Waals surface area contributed by atoms with Crippen LogP contribution in [0.1, 0.15) is 27.2 Å². The summed E-state index contributed by atoms with van der Waals surface area (Å²) in [7, 11) is 0. The van der Waals surface area contributed by atoms with Gasteiger partial charge in [0, 0.05) is 6.04 Å². The lowest BCUT2D eigenvalue weighted by atomic mass is 9.92. The van der Waals surface area contributed by atoms with Gasteiger partial charge in [-0.2, -0.15) is 0 Å². The summed E-state index contributed by atoms with van der Waals surface area (Å²) >= 11 is 0. The van der Waals surface area contributed by atoms with Crippen molar-refractivity contribution in [2.45, 2.75) is 33.2 Å². The number of nitrogens with two attached hydrogens (primary N) is 1. The largest absolute Gasteiger partial charge is 0.327 e. The van der Waals surface area contributed by atoms with Crippen LogP contribution in [-0.2, 0) is 0 Å². The van der Waals surface area contributed by atoms with Gasteiger partial charge in [-0.3, -0.25) is 0 Å². The second kappa shape index (κ2) is 4.51. The van der Waals surface area contributed by atoms with E-state index in [9.17, 15) is 0 Å². The molecule has 0 radical (unpaired) electrons. The highest BCUT2D eigenvalue weighted by atomic mass is 14.6. The molecule has 0 heterocycles. The Morgan fingerprint density at radius 1 is 1.40 bits per heavy atom. The van der Waals surface area contributed by atoms with Crippen LogP contribution in [0.4, 0.5) is 0 Å². The lowest BCUT2D eigenvalue weighted by molar-refractivity contribution is 0.424. The van der Waals surface area contributed by atoms with E-state index in [1.165, 1.54) is 0 Å². The molecule has 0 saturated carbocycles. The molecule has 0 spiro atoms. The number of hydrogen-bond donors (Lipinski definition) is 1. The lowest BCUT2D eigenvalue weighted by Gasteiger charge is -2.18. The second-order valence-corrected chi connectivity index (χ2v) is 3.39. The number of rotatable bonds is 4. The van der Waals surface area contributed by atoms with Crippen molar-refractivity contribution in [3.63, 3.8) is 0 Å². The SMILES string of the molecule is C=C[C@H](CC(C)C)[C@H](C)N. The molecule has 0 aliphatic rings. The van der Waals surface area contributed by atoms with E-state index in [-0.39, 0.29) is 6.04 Å². The fourth-order valence-corrected chi connectivity index (χ4v) is 1.07. The zero-order valence-corrected chi connectivity index (χ0v) is 7.30. The average Bonchev–Trinajstić information content (AvgIpc) is 1.81. The van der Waals surface area contributed by atoms with Crippen molar-refractivity contribution in [2.24, 2.45) is 17.6 Å². The molecule has 0 rings (SSSR count). The van der Waals surface area contributed by atoms with E-state index in [4.69, 9.17) is 5.73 Å². The van der Waals surface area contributed by atoms with Crippen LogP contribution >= 0.6 is 0 Å². The molecule has 10 heavy (non-hydrogen) atoms. The third-order valence-electron chi connectivity index (χ3n) is 1.72. The van der Waals surface area contributed by atoms with Gasteiger partial charge in [-0.25, -0.2) is 0 Å². The van der Waals surface area contributed by atoms with Crippen LogP contribution in [0.15, 0.2) is 12.7 Å². The lowest BCUT2D eigenvalue weighted by Crippen LogP contribution is -2.25. The fourth-order valence-electron chi connectivity index (χ4n) is 1.07. The van der Waals surface area contributed by atoms with Crippen LogP contribution in [0.5, 0.6) is 0 Å². The van der Waals surface area contributed by atoms with Crippen LogP contribution in [0.2, 0.25) is 0 Å². The highest BCUT2D eigenvalue weighted by molar-refractivity contribution is 4.85. The molecule has 60 valence electrons. The Morgan fingerprint density at radius 2 is 1.90 bits per heavy atom. The molecule has 0 aromatic carbocycles. The molecule has 0 amide bonds. The van der Waals surface area contributed by atoms with Crippen molar-refractivity contribution in [3.8, 4) is 0 Å². The summed E-state index contributed by atoms with van der Waals surface area (Å²) < 4.78 is 0. The van der Waals surface area contributed by atoms with Crippen LogP contribution in [0, 0.1) is 11.8 Å². The first kappa shape index (κ1) is 9.70. The van der Waals surface area contributed by atoms with Gasteiger partial charge >= 0.3 is 0 Å². The van der Waals surface area contributed by atoms with Gasteiger partial charge in [-0.15, -0.1) is 6.58 Å². The van der Waals surface area contributed by atoms with Crippen LogP contribution in [0.3, 0.4) is 0 Å². The van der Waals surface area contributed by atoms with Crippen molar-refractivity contribution in [3.05, 3.63) is 12.7 Å². The number of hydrogen-bond acceptors (Lipinski definition) is 1. The summed E-state index contributed by atoms with van der Waals surface area (Å²) in [4.78, 5) is 0. The maximum absolute atomic E-state index is 5.72. The standard InChI is InChI=1S/C9H19N/c1-5-9(8(4)10)6-7(2)3/h5,7-9H,1,6,10H2,2-4H3/t8-,9+/m0/s1. The summed E-state index contributed by atoms with van der Waals surface area (Å²) in [5.74, 6) is 1.20. The summed E-state index contributed by atoms with van der Waals surface area (Å²) in [5, 5.41) is 0. The summed E-state index contributed by atoms with van der Waals surface area (Å²) in [5.41, 5.74) is 5.72. The first-order valence-corrected chi connectivity index (χ1v) is 3.96. The minimum Gasteiger partial charge on any atom is -0.327 e. The molecule has 2 atom stereocenters. The Hall–Kier alpha value is -0.300. The monoisotopic (exact) mass is 141 g/mol. The third-order valence-corrected chi connectivity index (χ3v) is 1.72. The Morgan fingerprint density at radius 3 is 2.00 bits per heavy atom. The Kier molecular flexibility index (Phi) is 4.37. The molecule has 0 fully saturated rings. The van der Waals surface area contributed by atoms with Crippen molar-refractivity contribution < 1.29 is 0 Å². The highest BCUT2D eigenvalue weighted by Gasteiger charge is 2.10. The van der Waals surface area contributed by atoms with Gasteiger partial charge in [0.1, 0.15) is 0 Å². The van der Waals surface area contributed by atoms with E-state index in [2.05, 4.69) is 20.4 Å². The first-order valence-electron chi connectivity index (χ1n) is 3.96. The van der Waals surface area contributed by atoms with E-state index < -0.39 is 0 Å². The van der Waals surface area contributed by atoms with Crippen LogP contribution in [0.25, 0.3) is 0 Å². The molecule has 1 nitrogen and oxygen atoms in total. The van der Waals surface area contributed by atoms with Gasteiger partial charge in [0.25, 0.3) is 0 Å². The Bertz CT molecular complexity index is 94.9. The van der Waals surface area contributed by atoms with Crippen molar-refractivity contribution in [1.29, 1.82) is 0 Å². The molecule has 1 heteroatoms. The van der Waals surface area contributed by atoms with Crippen LogP contribution in [-0.4, -0.2) is 6.04 Å². The minimum absolute atomic E-state index is 0.250. The van der Waals surface area contributed by atoms with Crippen molar-refractivity contribution >= 4 is 0 Å².